The molecule has 0 saturated heterocycles. The molecule has 1 aromatic heterocycles. The number of rotatable bonds is 3. The standard InChI is InChI=1S/C14H24N2O2/c1-4-11-6-5-8-14(17,9-7-11)13-12(18-3)10-15-16(13)2/h10-11,17H,4-9H2,1-3H3. The number of aromatic nitrogens is 2. The Balaban J connectivity index is 2.27. The van der Waals surface area contributed by atoms with Crippen LogP contribution in [0.1, 0.15) is 51.1 Å². The Labute approximate surface area is 109 Å². The fourth-order valence-electron chi connectivity index (χ4n) is 3.14. The zero-order chi connectivity index (χ0) is 13.2. The molecular weight excluding hydrogens is 228 g/mol. The second-order valence-corrected chi connectivity index (χ2v) is 5.42. The predicted molar refractivity (Wildman–Crippen MR) is 70.5 cm³/mol. The van der Waals surface area contributed by atoms with Crippen molar-refractivity contribution in [2.75, 3.05) is 7.11 Å². The van der Waals surface area contributed by atoms with E-state index in [4.69, 9.17) is 4.74 Å². The molecule has 2 unspecified atom stereocenters. The first-order chi connectivity index (χ1) is 8.60. The van der Waals surface area contributed by atoms with Crippen molar-refractivity contribution in [3.63, 3.8) is 0 Å². The van der Waals surface area contributed by atoms with E-state index >= 15 is 0 Å². The first kappa shape index (κ1) is 13.4. The van der Waals surface area contributed by atoms with Gasteiger partial charge in [-0.3, -0.25) is 4.68 Å². The number of hydrogen-bond acceptors (Lipinski definition) is 3. The number of aryl methyl sites for hydroxylation is 1. The van der Waals surface area contributed by atoms with Crippen LogP contribution in [-0.4, -0.2) is 22.0 Å². The third-order valence-corrected chi connectivity index (χ3v) is 4.31. The van der Waals surface area contributed by atoms with Gasteiger partial charge in [0.25, 0.3) is 0 Å². The molecule has 1 saturated carbocycles. The fraction of sp³-hybridized carbons (Fsp3) is 0.786. The zero-order valence-corrected chi connectivity index (χ0v) is 11.6. The van der Waals surface area contributed by atoms with Gasteiger partial charge in [-0.1, -0.05) is 19.8 Å². The summed E-state index contributed by atoms with van der Waals surface area (Å²) in [5, 5.41) is 15.2. The molecule has 0 spiro atoms. The van der Waals surface area contributed by atoms with Crippen molar-refractivity contribution in [3.8, 4) is 5.75 Å². The SMILES string of the molecule is CCC1CCCC(O)(c2c(OC)cnn2C)CC1. The normalized spacial score (nSPS) is 29.0. The summed E-state index contributed by atoms with van der Waals surface area (Å²) in [6.07, 6.45) is 7.89. The number of nitrogens with zero attached hydrogens (tertiary/aromatic N) is 2. The van der Waals surface area contributed by atoms with E-state index in [0.29, 0.717) is 5.75 Å². The van der Waals surface area contributed by atoms with Crippen LogP contribution < -0.4 is 4.74 Å². The molecule has 0 aliphatic heterocycles. The molecule has 2 atom stereocenters. The molecule has 1 aliphatic rings. The van der Waals surface area contributed by atoms with Crippen molar-refractivity contribution in [2.24, 2.45) is 13.0 Å². The number of ether oxygens (including phenoxy) is 1. The lowest BCUT2D eigenvalue weighted by molar-refractivity contribution is 0.00955. The topological polar surface area (TPSA) is 47.3 Å². The monoisotopic (exact) mass is 252 g/mol. The van der Waals surface area contributed by atoms with Crippen LogP contribution in [0.25, 0.3) is 0 Å². The van der Waals surface area contributed by atoms with Gasteiger partial charge < -0.3 is 9.84 Å². The minimum Gasteiger partial charge on any atom is -0.493 e. The lowest BCUT2D eigenvalue weighted by Gasteiger charge is -2.27. The van der Waals surface area contributed by atoms with Gasteiger partial charge in [0, 0.05) is 7.05 Å². The molecule has 2 rings (SSSR count). The average Bonchev–Trinajstić information content (AvgIpc) is 2.64. The van der Waals surface area contributed by atoms with E-state index in [1.165, 1.54) is 12.8 Å². The van der Waals surface area contributed by atoms with E-state index in [9.17, 15) is 5.11 Å². The van der Waals surface area contributed by atoms with Gasteiger partial charge in [0.15, 0.2) is 5.75 Å². The largest absolute Gasteiger partial charge is 0.493 e. The number of methoxy groups -OCH3 is 1. The summed E-state index contributed by atoms with van der Waals surface area (Å²) < 4.78 is 7.09. The molecule has 102 valence electrons. The smallest absolute Gasteiger partial charge is 0.162 e. The maximum absolute atomic E-state index is 11.0. The van der Waals surface area contributed by atoms with E-state index < -0.39 is 5.60 Å². The summed E-state index contributed by atoms with van der Waals surface area (Å²) in [5.41, 5.74) is 0.0577. The van der Waals surface area contributed by atoms with Crippen molar-refractivity contribution < 1.29 is 9.84 Å². The first-order valence-corrected chi connectivity index (χ1v) is 6.89. The van der Waals surface area contributed by atoms with Crippen LogP contribution in [0.15, 0.2) is 6.20 Å². The summed E-state index contributed by atoms with van der Waals surface area (Å²) in [6.45, 7) is 2.24. The van der Waals surface area contributed by atoms with Crippen molar-refractivity contribution in [1.29, 1.82) is 0 Å². The summed E-state index contributed by atoms with van der Waals surface area (Å²) in [5.74, 6) is 1.45. The van der Waals surface area contributed by atoms with E-state index in [1.807, 2.05) is 7.05 Å². The number of aliphatic hydroxyl groups is 1. The van der Waals surface area contributed by atoms with E-state index in [1.54, 1.807) is 18.0 Å². The van der Waals surface area contributed by atoms with Gasteiger partial charge in [0.2, 0.25) is 0 Å². The van der Waals surface area contributed by atoms with Crippen LogP contribution in [0.3, 0.4) is 0 Å². The molecule has 4 heteroatoms. The molecular formula is C14H24N2O2. The lowest BCUT2D eigenvalue weighted by Crippen LogP contribution is -2.28. The zero-order valence-electron chi connectivity index (χ0n) is 11.6. The van der Waals surface area contributed by atoms with Gasteiger partial charge in [-0.25, -0.2) is 0 Å². The Morgan fingerprint density at radius 3 is 2.94 bits per heavy atom. The molecule has 0 radical (unpaired) electrons. The maximum Gasteiger partial charge on any atom is 0.162 e. The van der Waals surface area contributed by atoms with E-state index in [2.05, 4.69) is 12.0 Å². The minimum absolute atomic E-state index is 0.704. The van der Waals surface area contributed by atoms with Gasteiger partial charge in [-0.15, -0.1) is 0 Å². The average molecular weight is 252 g/mol. The molecule has 18 heavy (non-hydrogen) atoms. The summed E-state index contributed by atoms with van der Waals surface area (Å²) in [7, 11) is 3.51. The van der Waals surface area contributed by atoms with Crippen LogP contribution in [0, 0.1) is 5.92 Å². The van der Waals surface area contributed by atoms with Crippen molar-refractivity contribution in [3.05, 3.63) is 11.9 Å². The molecule has 1 N–H and O–H groups in total. The van der Waals surface area contributed by atoms with E-state index in [0.717, 1.165) is 37.3 Å². The van der Waals surface area contributed by atoms with Gasteiger partial charge in [0.1, 0.15) is 11.3 Å². The highest BCUT2D eigenvalue weighted by molar-refractivity contribution is 5.30. The molecule has 1 heterocycles. The van der Waals surface area contributed by atoms with E-state index in [-0.39, 0.29) is 0 Å². The highest BCUT2D eigenvalue weighted by atomic mass is 16.5. The Morgan fingerprint density at radius 1 is 1.50 bits per heavy atom. The third kappa shape index (κ3) is 2.39. The van der Waals surface area contributed by atoms with Gasteiger partial charge >= 0.3 is 0 Å². The molecule has 1 aromatic rings. The van der Waals surface area contributed by atoms with Crippen LogP contribution in [0.2, 0.25) is 0 Å². The molecule has 0 bridgehead atoms. The minimum atomic E-state index is -0.777. The molecule has 4 nitrogen and oxygen atoms in total. The summed E-state index contributed by atoms with van der Waals surface area (Å²) >= 11 is 0. The fourth-order valence-corrected chi connectivity index (χ4v) is 3.14. The molecule has 0 aromatic carbocycles. The van der Waals surface area contributed by atoms with Crippen molar-refractivity contribution >= 4 is 0 Å². The maximum atomic E-state index is 11.0. The molecule has 1 aliphatic carbocycles. The highest BCUT2D eigenvalue weighted by Crippen LogP contribution is 2.41. The van der Waals surface area contributed by atoms with Gasteiger partial charge in [-0.05, 0) is 31.6 Å². The van der Waals surface area contributed by atoms with Crippen LogP contribution in [-0.2, 0) is 12.6 Å². The Bertz CT molecular complexity index is 402. The quantitative estimate of drug-likeness (QED) is 0.841. The van der Waals surface area contributed by atoms with Gasteiger partial charge in [-0.2, -0.15) is 5.10 Å². The lowest BCUT2D eigenvalue weighted by atomic mass is 9.89. The molecule has 1 fully saturated rings. The molecule has 0 amide bonds. The summed E-state index contributed by atoms with van der Waals surface area (Å²) in [4.78, 5) is 0. The first-order valence-electron chi connectivity index (χ1n) is 6.89. The second kappa shape index (κ2) is 5.31. The Kier molecular flexibility index (Phi) is 3.95. The summed E-state index contributed by atoms with van der Waals surface area (Å²) in [6, 6.07) is 0. The van der Waals surface area contributed by atoms with Crippen LogP contribution >= 0.6 is 0 Å². The third-order valence-electron chi connectivity index (χ3n) is 4.31. The van der Waals surface area contributed by atoms with Crippen LogP contribution in [0.4, 0.5) is 0 Å². The van der Waals surface area contributed by atoms with Crippen LogP contribution in [0.5, 0.6) is 5.75 Å². The predicted octanol–water partition coefficient (Wildman–Crippen LogP) is 2.61. The van der Waals surface area contributed by atoms with Crippen molar-refractivity contribution in [1.82, 2.24) is 9.78 Å². The van der Waals surface area contributed by atoms with Crippen molar-refractivity contribution in [2.45, 2.75) is 51.0 Å². The number of hydrogen-bond donors (Lipinski definition) is 1. The second-order valence-electron chi connectivity index (χ2n) is 5.42. The van der Waals surface area contributed by atoms with Gasteiger partial charge in [0.05, 0.1) is 13.3 Å². The highest BCUT2D eigenvalue weighted by Gasteiger charge is 2.37. The Morgan fingerprint density at radius 2 is 2.28 bits per heavy atom. The Hall–Kier alpha value is -1.03.